The van der Waals surface area contributed by atoms with E-state index in [2.05, 4.69) is 4.74 Å². The molecule has 0 heterocycles. The van der Waals surface area contributed by atoms with E-state index in [0.717, 1.165) is 13.2 Å². The molecular formula is C10H12FNO3. The van der Waals surface area contributed by atoms with E-state index in [9.17, 15) is 9.18 Å². The maximum Gasteiger partial charge on any atom is 0.343 e. The van der Waals surface area contributed by atoms with Crippen LogP contribution in [0.4, 0.5) is 10.1 Å². The fourth-order valence-electron chi connectivity index (χ4n) is 1.16. The van der Waals surface area contributed by atoms with Crippen molar-refractivity contribution in [2.75, 3.05) is 19.5 Å². The average molecular weight is 213 g/mol. The lowest BCUT2D eigenvalue weighted by atomic mass is 10.1. The number of hydrogen-bond acceptors (Lipinski definition) is 4. The Labute approximate surface area is 86.8 Å². The molecule has 0 unspecified atom stereocenters. The fourth-order valence-corrected chi connectivity index (χ4v) is 1.16. The monoisotopic (exact) mass is 213 g/mol. The molecule has 82 valence electrons. The Balaban J connectivity index is 3.23. The maximum atomic E-state index is 13.3. The predicted molar refractivity (Wildman–Crippen MR) is 53.3 cm³/mol. The van der Waals surface area contributed by atoms with E-state index >= 15 is 0 Å². The lowest BCUT2D eigenvalue weighted by Gasteiger charge is -2.10. The highest BCUT2D eigenvalue weighted by molar-refractivity contribution is 5.96. The van der Waals surface area contributed by atoms with E-state index in [1.54, 1.807) is 6.92 Å². The highest BCUT2D eigenvalue weighted by Crippen LogP contribution is 2.28. The third-order valence-corrected chi connectivity index (χ3v) is 1.84. The smallest absolute Gasteiger partial charge is 0.343 e. The summed E-state index contributed by atoms with van der Waals surface area (Å²) < 4.78 is 22.8. The van der Waals surface area contributed by atoms with E-state index in [1.165, 1.54) is 6.07 Å². The number of anilines is 1. The molecule has 0 spiro atoms. The number of carbonyl (C=O) groups is 1. The summed E-state index contributed by atoms with van der Waals surface area (Å²) in [4.78, 5) is 11.2. The summed E-state index contributed by atoms with van der Waals surface area (Å²) in [5, 5.41) is 0. The summed E-state index contributed by atoms with van der Waals surface area (Å²) >= 11 is 0. The molecule has 0 atom stereocenters. The maximum absolute atomic E-state index is 13.3. The number of halogens is 1. The molecule has 0 aliphatic carbocycles. The third-order valence-electron chi connectivity index (χ3n) is 1.84. The second kappa shape index (κ2) is 4.63. The van der Waals surface area contributed by atoms with Gasteiger partial charge in [0.05, 0.1) is 19.4 Å². The quantitative estimate of drug-likeness (QED) is 0.611. The molecule has 0 aliphatic rings. The molecule has 0 radical (unpaired) electrons. The number of hydrogen-bond donors (Lipinski definition) is 1. The van der Waals surface area contributed by atoms with Gasteiger partial charge in [0, 0.05) is 0 Å². The minimum Gasteiger partial charge on any atom is -0.492 e. The van der Waals surface area contributed by atoms with Crippen molar-refractivity contribution in [1.82, 2.24) is 0 Å². The molecule has 0 saturated heterocycles. The van der Waals surface area contributed by atoms with Gasteiger partial charge in [-0.05, 0) is 19.1 Å². The minimum absolute atomic E-state index is 0.0382. The number of nitrogens with two attached hydrogens (primary N) is 1. The van der Waals surface area contributed by atoms with Gasteiger partial charge in [0.25, 0.3) is 0 Å². The van der Waals surface area contributed by atoms with E-state index in [1.807, 2.05) is 0 Å². The lowest BCUT2D eigenvalue weighted by Crippen LogP contribution is -2.10. The molecule has 0 aliphatic heterocycles. The Bertz CT molecular complexity index is 379. The van der Waals surface area contributed by atoms with Crippen molar-refractivity contribution in [3.63, 3.8) is 0 Å². The van der Waals surface area contributed by atoms with Gasteiger partial charge in [-0.1, -0.05) is 0 Å². The Hall–Kier alpha value is -1.78. The van der Waals surface area contributed by atoms with E-state index in [4.69, 9.17) is 10.5 Å². The Morgan fingerprint density at radius 2 is 2.20 bits per heavy atom. The van der Waals surface area contributed by atoms with Gasteiger partial charge >= 0.3 is 5.97 Å². The fraction of sp³-hybridized carbons (Fsp3) is 0.300. The number of methoxy groups -OCH3 is 1. The molecule has 0 saturated carbocycles. The van der Waals surface area contributed by atoms with Crippen molar-refractivity contribution in [1.29, 1.82) is 0 Å². The summed E-state index contributed by atoms with van der Waals surface area (Å²) in [5.74, 6) is -1.26. The number of benzene rings is 1. The normalized spacial score (nSPS) is 9.80. The summed E-state index contributed by atoms with van der Waals surface area (Å²) in [6.45, 7) is 2.15. The van der Waals surface area contributed by atoms with Crippen LogP contribution in [0.1, 0.15) is 17.3 Å². The zero-order valence-corrected chi connectivity index (χ0v) is 8.54. The standard InChI is InChI=1S/C10H12FNO3/c1-3-15-7-5-4-6(11)8(9(7)12)10(13)14-2/h4-5H,3,12H2,1-2H3. The van der Waals surface area contributed by atoms with Gasteiger partial charge in [0.1, 0.15) is 17.1 Å². The highest BCUT2D eigenvalue weighted by atomic mass is 19.1. The highest BCUT2D eigenvalue weighted by Gasteiger charge is 2.19. The zero-order valence-electron chi connectivity index (χ0n) is 8.54. The molecule has 15 heavy (non-hydrogen) atoms. The van der Waals surface area contributed by atoms with Crippen molar-refractivity contribution < 1.29 is 18.7 Å². The lowest BCUT2D eigenvalue weighted by molar-refractivity contribution is 0.0596. The van der Waals surface area contributed by atoms with Crippen LogP contribution >= 0.6 is 0 Å². The molecule has 0 aromatic heterocycles. The largest absolute Gasteiger partial charge is 0.492 e. The van der Waals surface area contributed by atoms with Gasteiger partial charge in [0.15, 0.2) is 0 Å². The molecule has 0 bridgehead atoms. The first-order valence-electron chi connectivity index (χ1n) is 4.40. The summed E-state index contributed by atoms with van der Waals surface area (Å²) in [6, 6.07) is 2.49. The van der Waals surface area contributed by atoms with Crippen LogP contribution in [0.25, 0.3) is 0 Å². The summed E-state index contributed by atoms with van der Waals surface area (Å²) in [7, 11) is 1.16. The van der Waals surface area contributed by atoms with Gasteiger partial charge < -0.3 is 15.2 Å². The number of ether oxygens (including phenoxy) is 2. The Morgan fingerprint density at radius 1 is 1.53 bits per heavy atom. The molecule has 1 rings (SSSR count). The van der Waals surface area contributed by atoms with Gasteiger partial charge in [-0.2, -0.15) is 0 Å². The summed E-state index contributed by atoms with van der Waals surface area (Å²) in [6.07, 6.45) is 0. The third kappa shape index (κ3) is 2.18. The van der Waals surface area contributed by atoms with Gasteiger partial charge in [0.2, 0.25) is 0 Å². The van der Waals surface area contributed by atoms with Crippen molar-refractivity contribution in [2.45, 2.75) is 6.92 Å². The van der Waals surface area contributed by atoms with Gasteiger partial charge in [-0.3, -0.25) is 0 Å². The summed E-state index contributed by atoms with van der Waals surface area (Å²) in [5.41, 5.74) is 5.25. The SMILES string of the molecule is CCOc1ccc(F)c(C(=O)OC)c1N. The molecule has 1 aromatic carbocycles. The molecule has 5 heteroatoms. The molecule has 0 amide bonds. The topological polar surface area (TPSA) is 61.5 Å². The molecule has 4 nitrogen and oxygen atoms in total. The molecule has 0 fully saturated rings. The minimum atomic E-state index is -0.813. The molecular weight excluding hydrogens is 201 g/mol. The average Bonchev–Trinajstić information content (AvgIpc) is 2.22. The Morgan fingerprint density at radius 3 is 2.73 bits per heavy atom. The second-order valence-corrected chi connectivity index (χ2v) is 2.76. The first kappa shape index (κ1) is 11.3. The van der Waals surface area contributed by atoms with Crippen LogP contribution in [-0.4, -0.2) is 19.7 Å². The first-order chi connectivity index (χ1) is 7.11. The number of carbonyl (C=O) groups excluding carboxylic acids is 1. The van der Waals surface area contributed by atoms with Gasteiger partial charge in [-0.25, -0.2) is 9.18 Å². The van der Waals surface area contributed by atoms with E-state index in [0.29, 0.717) is 6.61 Å². The Kier molecular flexibility index (Phi) is 3.49. The van der Waals surface area contributed by atoms with Crippen molar-refractivity contribution in [3.8, 4) is 5.75 Å². The number of nitrogen functional groups attached to an aromatic ring is 1. The van der Waals surface area contributed by atoms with Crippen LogP contribution in [0.3, 0.4) is 0 Å². The van der Waals surface area contributed by atoms with Crippen LogP contribution in [0.15, 0.2) is 12.1 Å². The molecule has 2 N–H and O–H groups in total. The van der Waals surface area contributed by atoms with Crippen LogP contribution < -0.4 is 10.5 Å². The van der Waals surface area contributed by atoms with Crippen LogP contribution in [0, 0.1) is 5.82 Å². The zero-order chi connectivity index (χ0) is 11.4. The van der Waals surface area contributed by atoms with E-state index in [-0.39, 0.29) is 17.0 Å². The van der Waals surface area contributed by atoms with Gasteiger partial charge in [-0.15, -0.1) is 0 Å². The molecule has 1 aromatic rings. The van der Waals surface area contributed by atoms with E-state index < -0.39 is 11.8 Å². The van der Waals surface area contributed by atoms with Crippen molar-refractivity contribution in [3.05, 3.63) is 23.5 Å². The van der Waals surface area contributed by atoms with Crippen molar-refractivity contribution in [2.24, 2.45) is 0 Å². The first-order valence-corrected chi connectivity index (χ1v) is 4.40. The van der Waals surface area contributed by atoms with Crippen LogP contribution in [0.2, 0.25) is 0 Å². The van der Waals surface area contributed by atoms with Crippen molar-refractivity contribution >= 4 is 11.7 Å². The van der Waals surface area contributed by atoms with Crippen LogP contribution in [-0.2, 0) is 4.74 Å². The predicted octanol–water partition coefficient (Wildman–Crippen LogP) is 1.59. The number of esters is 1. The van der Waals surface area contributed by atoms with Crippen LogP contribution in [0.5, 0.6) is 5.75 Å². The number of rotatable bonds is 3. The second-order valence-electron chi connectivity index (χ2n) is 2.76.